The topological polar surface area (TPSA) is 37.3 Å². The zero-order chi connectivity index (χ0) is 17.7. The zero-order valence-corrected chi connectivity index (χ0v) is 15.2. The summed E-state index contributed by atoms with van der Waals surface area (Å²) in [6.07, 6.45) is 31.3. The Hall–Kier alpha value is -1.83. The van der Waals surface area contributed by atoms with Gasteiger partial charge in [0.25, 0.3) is 0 Å². The molecule has 0 fully saturated rings. The van der Waals surface area contributed by atoms with Gasteiger partial charge in [0.05, 0.1) is 0 Å². The van der Waals surface area contributed by atoms with E-state index >= 15 is 0 Å². The molecule has 0 aliphatic carbocycles. The summed E-state index contributed by atoms with van der Waals surface area (Å²) < 4.78 is 0. The third-order valence-electron chi connectivity index (χ3n) is 3.42. The Morgan fingerprint density at radius 1 is 0.667 bits per heavy atom. The Morgan fingerprint density at radius 3 is 1.58 bits per heavy atom. The van der Waals surface area contributed by atoms with E-state index in [1.807, 2.05) is 0 Å². The van der Waals surface area contributed by atoms with Crippen LogP contribution in [-0.4, -0.2) is 11.1 Å². The second-order valence-corrected chi connectivity index (χ2v) is 5.70. The van der Waals surface area contributed by atoms with Crippen LogP contribution < -0.4 is 0 Å². The van der Waals surface area contributed by atoms with Crippen LogP contribution in [0.5, 0.6) is 0 Å². The van der Waals surface area contributed by atoms with Crippen LogP contribution in [0.15, 0.2) is 60.8 Å². The molecule has 0 aliphatic rings. The average molecular weight is 331 g/mol. The molecule has 24 heavy (non-hydrogen) atoms. The van der Waals surface area contributed by atoms with Crippen molar-refractivity contribution in [2.45, 2.75) is 71.1 Å². The second kappa shape index (κ2) is 19.2. The number of hydrogen-bond acceptors (Lipinski definition) is 1. The molecule has 0 atom stereocenters. The summed E-state index contributed by atoms with van der Waals surface area (Å²) >= 11 is 0. The van der Waals surface area contributed by atoms with Crippen LogP contribution in [0, 0.1) is 0 Å². The Kier molecular flexibility index (Phi) is 17.8. The van der Waals surface area contributed by atoms with Gasteiger partial charge in [-0.15, -0.1) is 0 Å². The molecule has 0 aromatic rings. The highest BCUT2D eigenvalue weighted by Gasteiger charge is 1.94. The van der Waals surface area contributed by atoms with Gasteiger partial charge in [-0.1, -0.05) is 74.1 Å². The van der Waals surface area contributed by atoms with E-state index in [4.69, 9.17) is 5.11 Å². The fourth-order valence-electron chi connectivity index (χ4n) is 2.08. The van der Waals surface area contributed by atoms with E-state index < -0.39 is 5.97 Å². The van der Waals surface area contributed by atoms with Crippen molar-refractivity contribution < 1.29 is 9.90 Å². The van der Waals surface area contributed by atoms with E-state index in [-0.39, 0.29) is 0 Å². The molecule has 0 rings (SSSR count). The van der Waals surface area contributed by atoms with Gasteiger partial charge in [0, 0.05) is 6.42 Å². The minimum Gasteiger partial charge on any atom is -0.481 e. The third kappa shape index (κ3) is 20.2. The van der Waals surface area contributed by atoms with Gasteiger partial charge in [-0.3, -0.25) is 4.79 Å². The van der Waals surface area contributed by atoms with Gasteiger partial charge in [-0.05, 0) is 51.4 Å². The molecule has 0 saturated heterocycles. The van der Waals surface area contributed by atoms with Crippen LogP contribution in [0.4, 0.5) is 0 Å². The molecule has 0 aliphatic heterocycles. The molecule has 0 spiro atoms. The highest BCUT2D eigenvalue weighted by Crippen LogP contribution is 2.04. The summed E-state index contributed by atoms with van der Waals surface area (Å²) in [5, 5.41) is 8.52. The fourth-order valence-corrected chi connectivity index (χ4v) is 2.08. The molecule has 0 aromatic carbocycles. The van der Waals surface area contributed by atoms with Crippen LogP contribution >= 0.6 is 0 Å². The van der Waals surface area contributed by atoms with Crippen molar-refractivity contribution in [2.24, 2.45) is 0 Å². The number of carboxylic acid groups (broad SMARTS) is 1. The van der Waals surface area contributed by atoms with E-state index in [1.165, 1.54) is 0 Å². The summed E-state index contributed by atoms with van der Waals surface area (Å²) in [7, 11) is 0. The lowest BCUT2D eigenvalue weighted by Crippen LogP contribution is -1.93. The molecule has 0 bridgehead atoms. The molecule has 0 unspecified atom stereocenters. The minimum absolute atomic E-state index is 0.297. The fraction of sp³-hybridized carbons (Fsp3) is 0.500. The largest absolute Gasteiger partial charge is 0.481 e. The predicted octanol–water partition coefficient (Wildman–Crippen LogP) is 6.77. The van der Waals surface area contributed by atoms with Gasteiger partial charge in [-0.2, -0.15) is 0 Å². The lowest BCUT2D eigenvalue weighted by molar-refractivity contribution is -0.137. The van der Waals surface area contributed by atoms with Crippen LogP contribution in [0.3, 0.4) is 0 Å². The molecule has 0 aromatic heterocycles. The third-order valence-corrected chi connectivity index (χ3v) is 3.42. The van der Waals surface area contributed by atoms with Crippen LogP contribution in [0.25, 0.3) is 0 Å². The monoisotopic (exact) mass is 330 g/mol. The lowest BCUT2D eigenvalue weighted by atomic mass is 10.1. The van der Waals surface area contributed by atoms with Crippen molar-refractivity contribution >= 4 is 5.97 Å². The van der Waals surface area contributed by atoms with Crippen molar-refractivity contribution in [2.75, 3.05) is 0 Å². The second-order valence-electron chi connectivity index (χ2n) is 5.70. The molecule has 0 amide bonds. The van der Waals surface area contributed by atoms with Crippen molar-refractivity contribution in [1.82, 2.24) is 0 Å². The number of carbonyl (C=O) groups is 1. The maximum absolute atomic E-state index is 10.3. The molecular weight excluding hydrogens is 296 g/mol. The van der Waals surface area contributed by atoms with Crippen molar-refractivity contribution in [3.63, 3.8) is 0 Å². The van der Waals surface area contributed by atoms with E-state index in [9.17, 15) is 4.79 Å². The molecule has 2 nitrogen and oxygen atoms in total. The van der Waals surface area contributed by atoms with Gasteiger partial charge in [0.1, 0.15) is 0 Å². The quantitative estimate of drug-likeness (QED) is 0.265. The summed E-state index contributed by atoms with van der Waals surface area (Å²) in [5.41, 5.74) is 0. The molecule has 0 heterocycles. The number of aliphatic carboxylic acids is 1. The molecule has 0 radical (unpaired) electrons. The molecule has 2 heteroatoms. The minimum atomic E-state index is -0.690. The Morgan fingerprint density at radius 2 is 1.12 bits per heavy atom. The zero-order valence-electron chi connectivity index (χ0n) is 15.2. The normalized spacial score (nSPS) is 12.7. The first-order valence-electron chi connectivity index (χ1n) is 9.24. The summed E-state index contributed by atoms with van der Waals surface area (Å²) in [6, 6.07) is 0. The van der Waals surface area contributed by atoms with Crippen LogP contribution in [-0.2, 0) is 4.79 Å². The highest BCUT2D eigenvalue weighted by atomic mass is 16.4. The molecule has 1 N–H and O–H groups in total. The standard InChI is InChI=1S/C22H34O2/c1-2-3-4-5-6-7-8-9-10-11-12-13-14-15-16-17-18-19-20-21-22(23)24/h3-4,6-7,9-10,12-13,15-16H,2,5,8,11,14,17-21H2,1H3,(H,23,24)/b4-3-,7-6+,10-9+,13-12+,16-15-. The number of carboxylic acids is 1. The van der Waals surface area contributed by atoms with Crippen molar-refractivity contribution in [3.8, 4) is 0 Å². The van der Waals surface area contributed by atoms with E-state index in [1.54, 1.807) is 0 Å². The molecule has 134 valence electrons. The van der Waals surface area contributed by atoms with E-state index in [2.05, 4.69) is 67.7 Å². The molecular formula is C22H34O2. The number of rotatable bonds is 15. The Bertz CT molecular complexity index is 425. The van der Waals surface area contributed by atoms with Crippen molar-refractivity contribution in [3.05, 3.63) is 60.8 Å². The summed E-state index contributed by atoms with van der Waals surface area (Å²) in [6.45, 7) is 2.15. The first-order valence-corrected chi connectivity index (χ1v) is 9.24. The Balaban J connectivity index is 3.42. The number of hydrogen-bond donors (Lipinski definition) is 1. The summed E-state index contributed by atoms with van der Waals surface area (Å²) in [5.74, 6) is -0.690. The van der Waals surface area contributed by atoms with Gasteiger partial charge < -0.3 is 5.11 Å². The van der Waals surface area contributed by atoms with Gasteiger partial charge in [0.2, 0.25) is 0 Å². The average Bonchev–Trinajstić information content (AvgIpc) is 2.56. The number of allylic oxidation sites excluding steroid dienone is 10. The smallest absolute Gasteiger partial charge is 0.303 e. The van der Waals surface area contributed by atoms with E-state index in [0.29, 0.717) is 6.42 Å². The first kappa shape index (κ1) is 22.2. The predicted molar refractivity (Wildman–Crippen MR) is 105 cm³/mol. The number of unbranched alkanes of at least 4 members (excludes halogenated alkanes) is 3. The Labute approximate surface area is 148 Å². The van der Waals surface area contributed by atoms with Gasteiger partial charge in [0.15, 0.2) is 0 Å². The maximum Gasteiger partial charge on any atom is 0.303 e. The SMILES string of the molecule is CC/C=C\C/C=C/C/C=C/C/C=C/C/C=C\CCCCCC(=O)O. The first-order chi connectivity index (χ1) is 11.8. The van der Waals surface area contributed by atoms with E-state index in [0.717, 1.165) is 57.8 Å². The van der Waals surface area contributed by atoms with Crippen molar-refractivity contribution in [1.29, 1.82) is 0 Å². The molecule has 0 saturated carbocycles. The van der Waals surface area contributed by atoms with Crippen LogP contribution in [0.1, 0.15) is 71.1 Å². The summed E-state index contributed by atoms with van der Waals surface area (Å²) in [4.78, 5) is 10.3. The highest BCUT2D eigenvalue weighted by molar-refractivity contribution is 5.66. The van der Waals surface area contributed by atoms with Gasteiger partial charge >= 0.3 is 5.97 Å². The van der Waals surface area contributed by atoms with Crippen LogP contribution in [0.2, 0.25) is 0 Å². The van der Waals surface area contributed by atoms with Gasteiger partial charge in [-0.25, -0.2) is 0 Å². The maximum atomic E-state index is 10.3. The lowest BCUT2D eigenvalue weighted by Gasteiger charge is -1.94.